The Kier molecular flexibility index (Phi) is 19.4. The zero-order valence-corrected chi connectivity index (χ0v) is 53.1. The molecule has 13 rings (SSSR count). The summed E-state index contributed by atoms with van der Waals surface area (Å²) in [5.74, 6) is 1.46. The summed E-state index contributed by atoms with van der Waals surface area (Å²) in [7, 11) is 0. The summed E-state index contributed by atoms with van der Waals surface area (Å²) >= 11 is 6.26. The van der Waals surface area contributed by atoms with Crippen LogP contribution in [0.4, 0.5) is 49.0 Å². The number of urea groups is 1. The van der Waals surface area contributed by atoms with Crippen LogP contribution in [0.1, 0.15) is 141 Å². The Balaban J connectivity index is 0.000000139. The Hall–Kier alpha value is -5.57. The van der Waals surface area contributed by atoms with Gasteiger partial charge in [-0.25, -0.2) is 18.8 Å². The predicted molar refractivity (Wildman–Crippen MR) is 333 cm³/mol. The van der Waals surface area contributed by atoms with E-state index in [9.17, 15) is 36.7 Å². The average molecular weight is 1250 g/mol. The van der Waals surface area contributed by atoms with Crippen molar-refractivity contribution in [2.45, 2.75) is 165 Å². The van der Waals surface area contributed by atoms with Crippen LogP contribution in [0, 0.1) is 17.7 Å². The monoisotopic (exact) mass is 1250 g/mol. The van der Waals surface area contributed by atoms with Crippen LogP contribution < -0.4 is 19.9 Å². The van der Waals surface area contributed by atoms with E-state index in [1.807, 2.05) is 36.6 Å². The normalized spacial score (nSPS) is 24.7. The van der Waals surface area contributed by atoms with E-state index in [1.54, 1.807) is 39.8 Å². The standard InChI is InChI=1S/C25H37FN4O3.C23H30F3N3O4.C19H25ClN2/c1-4-27(5-2)23(31)30-18-25(21-17-19(26)7-8-22(21)30)11-15-28(16-12-25)20-9-13-29(14-10-20)24(32)33-6-3;1-3-32-21(31)28-10-6-17(7-11-28)27-12-8-22(9-13-27)15-29(16(2)30)20-5-4-18(14-19(20)22)33-23(24,25)26;20-15-3-4-17-16(11-15)19(12-21-17)5-7-22(8-6-19)18-10-13-1-2-14(18)9-13/h7-8,17,20H,4-6,9-16,18H2,1-3H3;4-5,14,17H,3,6-13,15H2,1-2H3;3-4,11,13-14,18,21H,1-2,5-10,12H2. The van der Waals surface area contributed by atoms with Gasteiger partial charge < -0.3 is 53.8 Å². The van der Waals surface area contributed by atoms with Gasteiger partial charge in [-0.2, -0.15) is 0 Å². The molecular formula is C67H92ClF4N9O7. The largest absolute Gasteiger partial charge is 0.573 e. The molecule has 88 heavy (non-hydrogen) atoms. The number of piperidine rings is 5. The quantitative estimate of drug-likeness (QED) is 0.216. The Morgan fingerprint density at radius 2 is 1.14 bits per heavy atom. The fraction of sp³-hybridized carbons (Fsp3) is 0.672. The minimum atomic E-state index is -4.76. The molecule has 21 heteroatoms. The summed E-state index contributed by atoms with van der Waals surface area (Å²) in [6.07, 6.45) is 10.3. The third-order valence-corrected chi connectivity index (χ3v) is 22.3. The van der Waals surface area contributed by atoms with Gasteiger partial charge in [-0.15, -0.1) is 13.2 Å². The highest BCUT2D eigenvalue weighted by atomic mass is 35.5. The van der Waals surface area contributed by atoms with Crippen molar-refractivity contribution < 1.29 is 51.0 Å². The van der Waals surface area contributed by atoms with Crippen molar-refractivity contribution in [2.24, 2.45) is 11.8 Å². The Bertz CT molecular complexity index is 2970. The number of carbonyl (C=O) groups is 4. The van der Waals surface area contributed by atoms with E-state index in [-0.39, 0.29) is 46.5 Å². The SMILES string of the molecule is CCOC(=O)N1CCC(N2CCC3(CC2)CN(C(=O)N(CC)CC)c2ccc(F)cc23)CC1.CCOC(=O)N1CCC(N2CCC3(CC2)CN(C(C)=O)c2ccc(OC(F)(F)F)cc23)CC1.Clc1ccc2c(c1)C1(CCN(C3CC4CCC3C4)CC1)CN2. The first-order valence-corrected chi connectivity index (χ1v) is 33.3. The summed E-state index contributed by atoms with van der Waals surface area (Å²) in [6, 6.07) is 17.3. The topological polar surface area (TPSA) is 134 Å². The third-order valence-electron chi connectivity index (χ3n) is 22.1. The molecule has 0 radical (unpaired) electrons. The van der Waals surface area contributed by atoms with Crippen LogP contribution in [0.25, 0.3) is 0 Å². The van der Waals surface area contributed by atoms with Crippen molar-refractivity contribution in [2.75, 3.05) is 127 Å². The third kappa shape index (κ3) is 13.3. The van der Waals surface area contributed by atoms with Gasteiger partial charge in [-0.1, -0.05) is 18.0 Å². The number of nitrogens with zero attached hydrogens (tertiary/aromatic N) is 8. The van der Waals surface area contributed by atoms with E-state index < -0.39 is 6.36 Å². The molecular weight excluding hydrogens is 1150 g/mol. The molecule has 5 saturated heterocycles. The highest BCUT2D eigenvalue weighted by Crippen LogP contribution is 2.53. The van der Waals surface area contributed by atoms with Gasteiger partial charge in [0, 0.05) is 122 Å². The van der Waals surface area contributed by atoms with Crippen molar-refractivity contribution in [1.29, 1.82) is 0 Å². The molecule has 10 aliphatic rings. The van der Waals surface area contributed by atoms with Gasteiger partial charge in [0.1, 0.15) is 11.6 Å². The maximum Gasteiger partial charge on any atom is 0.573 e. The number of benzene rings is 3. The number of hydrogen-bond donors (Lipinski definition) is 1. The molecule has 2 aliphatic carbocycles. The summed E-state index contributed by atoms with van der Waals surface area (Å²) < 4.78 is 67.0. The summed E-state index contributed by atoms with van der Waals surface area (Å²) in [6.45, 7) is 22.1. The maximum atomic E-state index is 14.3. The first kappa shape index (κ1) is 64.0. The van der Waals surface area contributed by atoms with Gasteiger partial charge in [0.15, 0.2) is 0 Å². The van der Waals surface area contributed by atoms with Crippen molar-refractivity contribution in [1.82, 2.24) is 29.4 Å². The van der Waals surface area contributed by atoms with Gasteiger partial charge in [0.25, 0.3) is 0 Å². The number of ether oxygens (including phenoxy) is 3. The van der Waals surface area contributed by atoms with Gasteiger partial charge in [-0.05, 0) is 234 Å². The summed E-state index contributed by atoms with van der Waals surface area (Å²) in [4.78, 5) is 66.1. The van der Waals surface area contributed by atoms with Crippen molar-refractivity contribution in [3.05, 3.63) is 82.1 Å². The molecule has 16 nitrogen and oxygen atoms in total. The second-order valence-corrected chi connectivity index (χ2v) is 27.0. The number of likely N-dealkylation sites (tertiary alicyclic amines) is 5. The van der Waals surface area contributed by atoms with Gasteiger partial charge >= 0.3 is 24.6 Å². The van der Waals surface area contributed by atoms with Crippen LogP contribution in [-0.4, -0.2) is 189 Å². The number of nitrogens with one attached hydrogen (secondary N) is 1. The number of halogens is 5. The minimum Gasteiger partial charge on any atom is -0.450 e. The maximum absolute atomic E-state index is 14.3. The lowest BCUT2D eigenvalue weighted by Crippen LogP contribution is -2.53. The van der Waals surface area contributed by atoms with Gasteiger partial charge in [0.05, 0.1) is 13.2 Å². The Labute approximate surface area is 522 Å². The second-order valence-electron chi connectivity index (χ2n) is 26.6. The number of alkyl halides is 3. The molecule has 0 aromatic heterocycles. The average Bonchev–Trinajstić information content (AvgIpc) is 1.91. The number of carbonyl (C=O) groups excluding carboxylic acids is 4. The zero-order chi connectivity index (χ0) is 62.1. The van der Waals surface area contributed by atoms with Crippen LogP contribution in [0.15, 0.2) is 54.6 Å². The lowest BCUT2D eigenvalue weighted by molar-refractivity contribution is -0.274. The Morgan fingerprint density at radius 3 is 1.65 bits per heavy atom. The molecule has 5 amide bonds. The summed E-state index contributed by atoms with van der Waals surface area (Å²) in [5.41, 5.74) is 5.85. The van der Waals surface area contributed by atoms with Crippen molar-refractivity contribution in [3.8, 4) is 5.75 Å². The molecule has 8 aliphatic heterocycles. The number of fused-ring (bicyclic) bond motifs is 8. The molecule has 3 aromatic rings. The molecule has 8 heterocycles. The molecule has 3 atom stereocenters. The number of hydrogen-bond acceptors (Lipinski definition) is 11. The van der Waals surface area contributed by atoms with Gasteiger partial charge in [-0.3, -0.25) is 9.69 Å². The first-order chi connectivity index (χ1) is 42.3. The van der Waals surface area contributed by atoms with Crippen LogP contribution >= 0.6 is 11.6 Å². The smallest absolute Gasteiger partial charge is 0.450 e. The van der Waals surface area contributed by atoms with Crippen LogP contribution in [0.2, 0.25) is 5.02 Å². The van der Waals surface area contributed by atoms with Crippen LogP contribution in [0.3, 0.4) is 0 Å². The van der Waals surface area contributed by atoms with E-state index in [4.69, 9.17) is 21.1 Å². The molecule has 2 saturated carbocycles. The fourth-order valence-corrected chi connectivity index (χ4v) is 17.4. The zero-order valence-electron chi connectivity index (χ0n) is 52.3. The lowest BCUT2D eigenvalue weighted by Gasteiger charge is -2.45. The van der Waals surface area contributed by atoms with E-state index in [0.29, 0.717) is 75.7 Å². The molecule has 3 spiro atoms. The molecule has 482 valence electrons. The van der Waals surface area contributed by atoms with E-state index in [1.165, 1.54) is 88.0 Å². The van der Waals surface area contributed by atoms with Gasteiger partial charge in [0.2, 0.25) is 5.91 Å². The van der Waals surface area contributed by atoms with E-state index in [2.05, 4.69) is 36.9 Å². The number of anilines is 3. The molecule has 3 unspecified atom stereocenters. The molecule has 1 N–H and O–H groups in total. The lowest BCUT2D eigenvalue weighted by atomic mass is 9.73. The van der Waals surface area contributed by atoms with Crippen molar-refractivity contribution >= 4 is 52.8 Å². The highest BCUT2D eigenvalue weighted by Gasteiger charge is 2.51. The Morgan fingerprint density at radius 1 is 0.614 bits per heavy atom. The van der Waals surface area contributed by atoms with Crippen molar-refractivity contribution in [3.63, 3.8) is 0 Å². The molecule has 2 bridgehead atoms. The van der Waals surface area contributed by atoms with Crippen LogP contribution in [-0.2, 0) is 30.5 Å². The predicted octanol–water partition coefficient (Wildman–Crippen LogP) is 12.3. The number of amides is 5. The van der Waals surface area contributed by atoms with E-state index in [0.717, 1.165) is 137 Å². The van der Waals surface area contributed by atoms with Crippen LogP contribution in [0.5, 0.6) is 5.75 Å². The van der Waals surface area contributed by atoms with E-state index >= 15 is 0 Å². The fourth-order valence-electron chi connectivity index (χ4n) is 17.2. The molecule has 3 aromatic carbocycles. The second kappa shape index (κ2) is 26.7. The minimum absolute atomic E-state index is 0.0125. The first-order valence-electron chi connectivity index (χ1n) is 32.9. The number of rotatable bonds is 8. The molecule has 7 fully saturated rings. The summed E-state index contributed by atoms with van der Waals surface area (Å²) in [5, 5.41) is 4.51. The highest BCUT2D eigenvalue weighted by molar-refractivity contribution is 6.30.